The van der Waals surface area contributed by atoms with Crippen LogP contribution in [0.4, 0.5) is 5.69 Å². The van der Waals surface area contributed by atoms with Crippen molar-refractivity contribution in [3.63, 3.8) is 0 Å². The summed E-state index contributed by atoms with van der Waals surface area (Å²) < 4.78 is 3.77. The Hall–Kier alpha value is -3.23. The summed E-state index contributed by atoms with van der Waals surface area (Å²) in [4.78, 5) is 45.2. The summed E-state index contributed by atoms with van der Waals surface area (Å²) in [6, 6.07) is 12.4. The molecule has 0 spiro atoms. The van der Waals surface area contributed by atoms with Gasteiger partial charge in [-0.15, -0.1) is 11.3 Å². The molecule has 8 heteroatoms. The van der Waals surface area contributed by atoms with E-state index in [1.807, 2.05) is 12.1 Å². The van der Waals surface area contributed by atoms with Crippen LogP contribution >= 0.6 is 23.1 Å². The van der Waals surface area contributed by atoms with E-state index in [0.717, 1.165) is 53.1 Å². The molecular weight excluding hydrogens is 502 g/mol. The van der Waals surface area contributed by atoms with Gasteiger partial charge in [0.25, 0.3) is 11.8 Å². The first kappa shape index (κ1) is 22.9. The number of thioether (sulfide) groups is 1. The van der Waals surface area contributed by atoms with Crippen molar-refractivity contribution in [2.45, 2.75) is 55.7 Å². The fraction of sp³-hybridized carbons (Fsp3) is 0.310. The van der Waals surface area contributed by atoms with Crippen LogP contribution in [0.15, 0.2) is 46.8 Å². The van der Waals surface area contributed by atoms with Crippen LogP contribution in [0.1, 0.15) is 73.7 Å². The maximum Gasteiger partial charge on any atom is 0.266 e. The van der Waals surface area contributed by atoms with Crippen LogP contribution in [0.3, 0.4) is 0 Å². The SMILES string of the molecule is O=C1c2ccccc2C(=O)N1c1ccc2nc(SCC(=O)n3c4c(c5c3CCCC5)CCCC4)sc2c1. The van der Waals surface area contributed by atoms with Gasteiger partial charge in [0.15, 0.2) is 4.34 Å². The monoisotopic (exact) mass is 527 g/mol. The van der Waals surface area contributed by atoms with Crippen LogP contribution < -0.4 is 4.90 Å². The molecule has 0 unspecified atom stereocenters. The van der Waals surface area contributed by atoms with E-state index < -0.39 is 0 Å². The largest absolute Gasteiger partial charge is 0.287 e. The molecule has 0 saturated heterocycles. The van der Waals surface area contributed by atoms with Crippen molar-refractivity contribution < 1.29 is 14.4 Å². The number of rotatable bonds is 4. The number of nitrogens with zero attached hydrogens (tertiary/aromatic N) is 3. The number of carbonyl (C=O) groups excluding carboxylic acids is 3. The van der Waals surface area contributed by atoms with Crippen molar-refractivity contribution in [1.82, 2.24) is 9.55 Å². The molecule has 0 fully saturated rings. The van der Waals surface area contributed by atoms with Crippen molar-refractivity contribution in [2.24, 2.45) is 0 Å². The Morgan fingerprint density at radius 1 is 0.865 bits per heavy atom. The Bertz CT molecular complexity index is 1550. The van der Waals surface area contributed by atoms with Gasteiger partial charge in [-0.2, -0.15) is 0 Å². The summed E-state index contributed by atoms with van der Waals surface area (Å²) in [5.41, 5.74) is 7.65. The molecule has 3 aliphatic rings. The van der Waals surface area contributed by atoms with Crippen LogP contribution in [-0.4, -0.2) is 33.0 Å². The smallest absolute Gasteiger partial charge is 0.266 e. The molecule has 6 nitrogen and oxygen atoms in total. The second-order valence-corrected chi connectivity index (χ2v) is 12.2. The van der Waals surface area contributed by atoms with Crippen LogP contribution in [0.2, 0.25) is 0 Å². The van der Waals surface area contributed by atoms with Crippen molar-refractivity contribution in [3.8, 4) is 0 Å². The van der Waals surface area contributed by atoms with Gasteiger partial charge in [0, 0.05) is 11.4 Å². The fourth-order valence-electron chi connectivity index (χ4n) is 6.09. The summed E-state index contributed by atoms with van der Waals surface area (Å²) in [6.45, 7) is 0. The van der Waals surface area contributed by atoms with Gasteiger partial charge >= 0.3 is 0 Å². The van der Waals surface area contributed by atoms with Gasteiger partial charge in [-0.3, -0.25) is 19.0 Å². The van der Waals surface area contributed by atoms with Crippen molar-refractivity contribution in [1.29, 1.82) is 0 Å². The maximum atomic E-state index is 13.5. The average Bonchev–Trinajstić information content (AvgIpc) is 3.57. The molecule has 1 aliphatic heterocycles. The molecule has 37 heavy (non-hydrogen) atoms. The molecule has 2 aromatic heterocycles. The quantitative estimate of drug-likeness (QED) is 0.237. The number of hydrogen-bond acceptors (Lipinski definition) is 6. The normalized spacial score (nSPS) is 16.7. The zero-order chi connectivity index (χ0) is 25.1. The highest BCUT2D eigenvalue weighted by molar-refractivity contribution is 8.01. The minimum Gasteiger partial charge on any atom is -0.287 e. The van der Waals surface area contributed by atoms with Gasteiger partial charge in [-0.1, -0.05) is 23.9 Å². The number of carbonyl (C=O) groups is 3. The number of fused-ring (bicyclic) bond motifs is 5. The van der Waals surface area contributed by atoms with E-state index in [9.17, 15) is 14.4 Å². The minimum absolute atomic E-state index is 0.150. The predicted octanol–water partition coefficient (Wildman–Crippen LogP) is 6.09. The zero-order valence-corrected chi connectivity index (χ0v) is 21.9. The first-order valence-electron chi connectivity index (χ1n) is 12.9. The number of anilines is 1. The highest BCUT2D eigenvalue weighted by Crippen LogP contribution is 2.37. The molecular formula is C29H25N3O3S2. The number of aromatic nitrogens is 2. The first-order valence-corrected chi connectivity index (χ1v) is 14.7. The molecule has 0 saturated carbocycles. The molecule has 3 heterocycles. The summed E-state index contributed by atoms with van der Waals surface area (Å²) in [7, 11) is 0. The van der Waals surface area contributed by atoms with Crippen LogP contribution in [0, 0.1) is 0 Å². The third-order valence-corrected chi connectivity index (χ3v) is 9.90. The molecule has 2 aliphatic carbocycles. The second-order valence-electron chi connectivity index (χ2n) is 9.91. The van der Waals surface area contributed by atoms with Gasteiger partial charge in [-0.05, 0) is 92.8 Å². The van der Waals surface area contributed by atoms with Crippen molar-refractivity contribution >= 4 is 56.7 Å². The van der Waals surface area contributed by atoms with E-state index in [0.29, 0.717) is 22.6 Å². The van der Waals surface area contributed by atoms with E-state index in [2.05, 4.69) is 4.57 Å². The van der Waals surface area contributed by atoms with Gasteiger partial charge in [0.2, 0.25) is 5.91 Å². The van der Waals surface area contributed by atoms with Crippen LogP contribution in [-0.2, 0) is 25.7 Å². The lowest BCUT2D eigenvalue weighted by Crippen LogP contribution is -2.29. The highest BCUT2D eigenvalue weighted by Gasteiger charge is 2.36. The second kappa shape index (κ2) is 8.96. The summed E-state index contributed by atoms with van der Waals surface area (Å²) in [5, 5.41) is 0. The summed E-state index contributed by atoms with van der Waals surface area (Å²) in [6.07, 6.45) is 8.98. The molecule has 2 aromatic carbocycles. The van der Waals surface area contributed by atoms with E-state index in [1.165, 1.54) is 63.4 Å². The molecule has 2 amide bonds. The highest BCUT2D eigenvalue weighted by atomic mass is 32.2. The van der Waals surface area contributed by atoms with Crippen LogP contribution in [0.5, 0.6) is 0 Å². The van der Waals surface area contributed by atoms with E-state index in [1.54, 1.807) is 30.3 Å². The summed E-state index contributed by atoms with van der Waals surface area (Å²) in [5.74, 6) is -0.109. The molecule has 186 valence electrons. The zero-order valence-electron chi connectivity index (χ0n) is 20.3. The molecule has 0 radical (unpaired) electrons. The van der Waals surface area contributed by atoms with Crippen LogP contribution in [0.25, 0.3) is 10.2 Å². The standard InChI is InChI=1S/C29H25N3O3S2/c33-26(32-23-11-5-3-7-18(23)19-8-4-6-12-24(19)32)16-36-29-30-22-14-13-17(15-25(22)37-29)31-27(34)20-9-1-2-10-21(20)28(31)35/h1-2,9-10,13-15H,3-8,11-12,16H2. The van der Waals surface area contributed by atoms with Crippen molar-refractivity contribution in [2.75, 3.05) is 10.7 Å². The average molecular weight is 528 g/mol. The fourth-order valence-corrected chi connectivity index (χ4v) is 8.04. The van der Waals surface area contributed by atoms with E-state index >= 15 is 0 Å². The summed E-state index contributed by atoms with van der Waals surface area (Å²) >= 11 is 2.97. The van der Waals surface area contributed by atoms with Gasteiger partial charge in [0.1, 0.15) is 0 Å². The Morgan fingerprint density at radius 2 is 1.49 bits per heavy atom. The number of thiazole rings is 1. The van der Waals surface area contributed by atoms with Crippen molar-refractivity contribution in [3.05, 3.63) is 76.1 Å². The molecule has 0 bridgehead atoms. The molecule has 4 aromatic rings. The van der Waals surface area contributed by atoms with Gasteiger partial charge in [-0.25, -0.2) is 9.88 Å². The third-order valence-electron chi connectivity index (χ3n) is 7.75. The number of benzene rings is 2. The number of hydrogen-bond donors (Lipinski definition) is 0. The first-order chi connectivity index (χ1) is 18.1. The third kappa shape index (κ3) is 3.68. The minimum atomic E-state index is -0.303. The lowest BCUT2D eigenvalue weighted by Gasteiger charge is -2.16. The van der Waals surface area contributed by atoms with E-state index in [-0.39, 0.29) is 17.7 Å². The predicted molar refractivity (Wildman–Crippen MR) is 146 cm³/mol. The molecule has 0 N–H and O–H groups in total. The molecule has 7 rings (SSSR count). The number of amides is 2. The number of imide groups is 1. The van der Waals surface area contributed by atoms with E-state index in [4.69, 9.17) is 4.98 Å². The van der Waals surface area contributed by atoms with Gasteiger partial charge < -0.3 is 0 Å². The van der Waals surface area contributed by atoms with Gasteiger partial charge in [0.05, 0.1) is 32.8 Å². The topological polar surface area (TPSA) is 72.3 Å². The Morgan fingerprint density at radius 3 is 2.14 bits per heavy atom. The lowest BCUT2D eigenvalue weighted by molar-refractivity contribution is 0.0918. The Balaban J connectivity index is 1.13. The lowest BCUT2D eigenvalue weighted by atomic mass is 9.89. The maximum absolute atomic E-state index is 13.5. The Labute approximate surface area is 222 Å². The molecule has 0 atom stereocenters. The Kier molecular flexibility index (Phi) is 5.55.